The highest BCUT2D eigenvalue weighted by Gasteiger charge is 2.31. The number of anilines is 1. The summed E-state index contributed by atoms with van der Waals surface area (Å²) in [4.78, 5) is 15.5. The van der Waals surface area contributed by atoms with Crippen LogP contribution in [-0.4, -0.2) is 19.2 Å². The van der Waals surface area contributed by atoms with Gasteiger partial charge in [-0.1, -0.05) is 32.9 Å². The zero-order valence-electron chi connectivity index (χ0n) is 16.3. The predicted molar refractivity (Wildman–Crippen MR) is 104 cm³/mol. The molecule has 2 rings (SSSR count). The summed E-state index contributed by atoms with van der Waals surface area (Å²) in [5.41, 5.74) is 0.0285. The summed E-state index contributed by atoms with van der Waals surface area (Å²) in [6.45, 7) is 5.61. The topological polar surface area (TPSA) is 76.1 Å². The Morgan fingerprint density at radius 3 is 2.38 bits per heavy atom. The van der Waals surface area contributed by atoms with Crippen molar-refractivity contribution < 1.29 is 26.4 Å². The number of ketones is 1. The van der Waals surface area contributed by atoms with E-state index < -0.39 is 26.8 Å². The number of hydrogen-bond donors (Lipinski definition) is 1. The molecule has 0 fully saturated rings. The molecule has 0 aliphatic carbocycles. The zero-order valence-corrected chi connectivity index (χ0v) is 17.1. The molecule has 1 N–H and O–H groups in total. The molecule has 9 heteroatoms. The van der Waals surface area contributed by atoms with Crippen LogP contribution in [-0.2, 0) is 21.0 Å². The van der Waals surface area contributed by atoms with Crippen molar-refractivity contribution in [1.82, 2.24) is 4.98 Å². The lowest BCUT2D eigenvalue weighted by molar-refractivity contribution is -0.137. The van der Waals surface area contributed by atoms with Crippen molar-refractivity contribution in [2.75, 3.05) is 4.72 Å². The van der Waals surface area contributed by atoms with Crippen LogP contribution in [0.1, 0.15) is 50.7 Å². The van der Waals surface area contributed by atoms with E-state index in [9.17, 15) is 26.4 Å². The van der Waals surface area contributed by atoms with Gasteiger partial charge in [0.1, 0.15) is 5.78 Å². The first-order valence-corrected chi connectivity index (χ1v) is 10.6. The number of aromatic nitrogens is 1. The van der Waals surface area contributed by atoms with E-state index in [4.69, 9.17) is 0 Å². The van der Waals surface area contributed by atoms with Gasteiger partial charge in [-0.3, -0.25) is 9.52 Å². The number of carbonyl (C=O) groups excluding carboxylic acids is 1. The van der Waals surface area contributed by atoms with Gasteiger partial charge in [0.2, 0.25) is 0 Å². The second kappa shape index (κ2) is 8.94. The van der Waals surface area contributed by atoms with Gasteiger partial charge in [-0.15, -0.1) is 0 Å². The molecule has 5 nitrogen and oxygen atoms in total. The molecule has 29 heavy (non-hydrogen) atoms. The Morgan fingerprint density at radius 1 is 1.17 bits per heavy atom. The molecule has 1 unspecified atom stereocenters. The Balaban J connectivity index is 2.23. The normalized spacial score (nSPS) is 13.3. The van der Waals surface area contributed by atoms with Crippen LogP contribution in [0, 0.1) is 5.92 Å². The monoisotopic (exact) mass is 428 g/mol. The number of alkyl halides is 3. The molecule has 0 bridgehead atoms. The van der Waals surface area contributed by atoms with E-state index in [1.807, 2.05) is 26.8 Å². The third-order valence-corrected chi connectivity index (χ3v) is 5.83. The average molecular weight is 428 g/mol. The number of rotatable bonds is 8. The fourth-order valence-electron chi connectivity index (χ4n) is 2.75. The fourth-order valence-corrected chi connectivity index (χ4v) is 3.73. The van der Waals surface area contributed by atoms with E-state index in [2.05, 4.69) is 9.71 Å². The van der Waals surface area contributed by atoms with Gasteiger partial charge in [0.25, 0.3) is 10.0 Å². The van der Waals surface area contributed by atoms with E-state index in [-0.39, 0.29) is 23.3 Å². The largest absolute Gasteiger partial charge is 0.417 e. The van der Waals surface area contributed by atoms with Crippen LogP contribution >= 0.6 is 0 Å². The van der Waals surface area contributed by atoms with Crippen LogP contribution < -0.4 is 4.72 Å². The summed E-state index contributed by atoms with van der Waals surface area (Å²) >= 11 is 0. The van der Waals surface area contributed by atoms with Gasteiger partial charge in [-0.25, -0.2) is 4.98 Å². The maximum atomic E-state index is 12.6. The molecule has 0 amide bonds. The first-order chi connectivity index (χ1) is 13.4. The highest BCUT2D eigenvalue weighted by Crippen LogP contribution is 2.30. The summed E-state index contributed by atoms with van der Waals surface area (Å²) in [5, 5.41) is -0.516. The number of sulfonamides is 1. The van der Waals surface area contributed by atoms with Gasteiger partial charge < -0.3 is 0 Å². The van der Waals surface area contributed by atoms with Gasteiger partial charge in [-0.2, -0.15) is 21.6 Å². The van der Waals surface area contributed by atoms with E-state index in [1.165, 1.54) is 6.07 Å². The predicted octanol–water partition coefficient (Wildman–Crippen LogP) is 5.01. The van der Waals surface area contributed by atoms with Crippen molar-refractivity contribution in [3.63, 3.8) is 0 Å². The van der Waals surface area contributed by atoms with Crippen molar-refractivity contribution in [1.29, 1.82) is 0 Å². The maximum Gasteiger partial charge on any atom is 0.417 e. The molecule has 0 spiro atoms. The van der Waals surface area contributed by atoms with Crippen LogP contribution in [0.4, 0.5) is 18.9 Å². The summed E-state index contributed by atoms with van der Waals surface area (Å²) in [5.74, 6) is -0.0215. The fraction of sp³-hybridized carbons (Fsp3) is 0.400. The van der Waals surface area contributed by atoms with Crippen molar-refractivity contribution in [3.05, 3.63) is 53.7 Å². The van der Waals surface area contributed by atoms with Crippen LogP contribution in [0.25, 0.3) is 0 Å². The average Bonchev–Trinajstić information content (AvgIpc) is 2.65. The lowest BCUT2D eigenvalue weighted by Gasteiger charge is -2.17. The molecular weight excluding hydrogens is 405 g/mol. The number of pyridine rings is 1. The molecule has 1 atom stereocenters. The Morgan fingerprint density at radius 2 is 1.86 bits per heavy atom. The molecule has 1 aromatic heterocycles. The van der Waals surface area contributed by atoms with Crippen molar-refractivity contribution >= 4 is 21.5 Å². The van der Waals surface area contributed by atoms with Crippen molar-refractivity contribution in [2.45, 2.75) is 50.7 Å². The summed E-state index contributed by atoms with van der Waals surface area (Å²) in [6, 6.07) is 8.12. The molecule has 0 saturated carbocycles. The molecule has 0 saturated heterocycles. The number of benzene rings is 1. The quantitative estimate of drug-likeness (QED) is 0.641. The van der Waals surface area contributed by atoms with E-state index in [1.54, 1.807) is 12.1 Å². The zero-order chi connectivity index (χ0) is 21.8. The number of Topliss-reactive ketones (excluding diaryl/α,β-unsaturated/α-hetero) is 1. The summed E-state index contributed by atoms with van der Waals surface area (Å²) < 4.78 is 65.2. The van der Waals surface area contributed by atoms with E-state index in [0.717, 1.165) is 11.6 Å². The minimum absolute atomic E-state index is 0.0569. The van der Waals surface area contributed by atoms with Crippen LogP contribution in [0.5, 0.6) is 0 Å². The Kier molecular flexibility index (Phi) is 7.05. The standard InChI is InChI=1S/C20H23F3N2O3S/c1-4-14(11-18(26)13(2)3)15-6-5-7-17(10-15)25-29(27,28)19-9-8-16(12-24-19)20(21,22)23/h5-10,12-14,25H,4,11H2,1-3H3. The minimum Gasteiger partial charge on any atom is -0.299 e. The lowest BCUT2D eigenvalue weighted by atomic mass is 9.88. The van der Waals surface area contributed by atoms with Gasteiger partial charge >= 0.3 is 6.18 Å². The summed E-state index contributed by atoms with van der Waals surface area (Å²) in [7, 11) is -4.16. The minimum atomic E-state index is -4.60. The van der Waals surface area contributed by atoms with Crippen LogP contribution in [0.2, 0.25) is 0 Å². The number of nitrogens with zero attached hydrogens (tertiary/aromatic N) is 1. The van der Waals surface area contributed by atoms with Crippen LogP contribution in [0.3, 0.4) is 0 Å². The molecule has 158 valence electrons. The summed E-state index contributed by atoms with van der Waals surface area (Å²) in [6.07, 6.45) is -3.06. The first-order valence-electron chi connectivity index (χ1n) is 9.12. The number of nitrogens with one attached hydrogen (secondary N) is 1. The van der Waals surface area contributed by atoms with Gasteiger partial charge in [0.15, 0.2) is 5.03 Å². The van der Waals surface area contributed by atoms with Crippen molar-refractivity contribution in [3.8, 4) is 0 Å². The second-order valence-corrected chi connectivity index (χ2v) is 8.67. The van der Waals surface area contributed by atoms with Gasteiger partial charge in [-0.05, 0) is 42.2 Å². The molecule has 0 aliphatic heterocycles. The Labute approximate surface area is 168 Å². The molecule has 2 aromatic rings. The molecule has 1 heterocycles. The lowest BCUT2D eigenvalue weighted by Crippen LogP contribution is -2.16. The highest BCUT2D eigenvalue weighted by molar-refractivity contribution is 7.92. The highest BCUT2D eigenvalue weighted by atomic mass is 32.2. The third kappa shape index (κ3) is 6.03. The Bertz CT molecular complexity index is 956. The van der Waals surface area contributed by atoms with Crippen LogP contribution in [0.15, 0.2) is 47.6 Å². The van der Waals surface area contributed by atoms with Crippen molar-refractivity contribution in [2.24, 2.45) is 5.92 Å². The maximum absolute atomic E-state index is 12.6. The molecule has 0 radical (unpaired) electrons. The Hall–Kier alpha value is -2.42. The smallest absolute Gasteiger partial charge is 0.299 e. The number of hydrogen-bond acceptors (Lipinski definition) is 4. The molecular formula is C20H23F3N2O3S. The van der Waals surface area contributed by atoms with E-state index in [0.29, 0.717) is 25.1 Å². The van der Waals surface area contributed by atoms with E-state index >= 15 is 0 Å². The molecule has 0 aliphatic rings. The molecule has 1 aromatic carbocycles. The number of halogens is 3. The SMILES string of the molecule is CCC(CC(=O)C(C)C)c1cccc(NS(=O)(=O)c2ccc(C(F)(F)F)cn2)c1. The van der Waals surface area contributed by atoms with Gasteiger partial charge in [0, 0.05) is 24.2 Å². The third-order valence-electron chi connectivity index (χ3n) is 4.53. The second-order valence-electron chi connectivity index (χ2n) is 7.04. The first kappa shape index (κ1) is 22.9. The van der Waals surface area contributed by atoms with Gasteiger partial charge in [0.05, 0.1) is 5.56 Å². The number of carbonyl (C=O) groups is 1.